The third-order valence-corrected chi connectivity index (χ3v) is 5.67. The summed E-state index contributed by atoms with van der Waals surface area (Å²) in [5.74, 6) is 0.439. The summed E-state index contributed by atoms with van der Waals surface area (Å²) in [6.07, 6.45) is 5.16. The maximum atomic E-state index is 12.4. The van der Waals surface area contributed by atoms with Gasteiger partial charge >= 0.3 is 0 Å². The highest BCUT2D eigenvalue weighted by atomic mass is 32.2. The van der Waals surface area contributed by atoms with Crippen LogP contribution in [0.2, 0.25) is 0 Å². The lowest BCUT2D eigenvalue weighted by Gasteiger charge is -2.27. The number of amides is 1. The number of hydrogen-bond donors (Lipinski definition) is 0. The number of nitrogens with zero attached hydrogens (tertiary/aromatic N) is 3. The predicted octanol–water partition coefficient (Wildman–Crippen LogP) is 2.35. The molecule has 0 N–H and O–H groups in total. The van der Waals surface area contributed by atoms with Gasteiger partial charge < -0.3 is 9.64 Å². The number of rotatable bonds is 4. The number of aromatic nitrogens is 1. The Hall–Kier alpha value is -1.58. The minimum absolute atomic E-state index is 0.102. The van der Waals surface area contributed by atoms with E-state index in [2.05, 4.69) is 13.0 Å². The molecule has 2 aliphatic rings. The molecule has 0 radical (unpaired) electrons. The molecule has 0 unspecified atom stereocenters. The van der Waals surface area contributed by atoms with Gasteiger partial charge in [0.25, 0.3) is 0 Å². The number of nitriles is 1. The zero-order chi connectivity index (χ0) is 16.9. The standard InChI is InChI=1S/C18H23N3O2S/c1-2-16-14-6-4-3-5-13(14)15(11-19)18(20-16)24-12-17(22)21-7-9-23-10-8-21/h2-10,12H2,1H3. The van der Waals surface area contributed by atoms with Gasteiger partial charge in [-0.15, -0.1) is 0 Å². The van der Waals surface area contributed by atoms with Crippen molar-refractivity contribution in [3.8, 4) is 6.07 Å². The van der Waals surface area contributed by atoms with Crippen molar-refractivity contribution in [1.82, 2.24) is 9.88 Å². The molecule has 0 aromatic carbocycles. The number of hydrogen-bond acceptors (Lipinski definition) is 5. The summed E-state index contributed by atoms with van der Waals surface area (Å²) in [5, 5.41) is 10.4. The molecule has 2 heterocycles. The van der Waals surface area contributed by atoms with Gasteiger partial charge in [-0.2, -0.15) is 5.26 Å². The quantitative estimate of drug-likeness (QED) is 0.784. The summed E-state index contributed by atoms with van der Waals surface area (Å²) in [4.78, 5) is 18.9. The third kappa shape index (κ3) is 3.57. The molecule has 1 fully saturated rings. The minimum Gasteiger partial charge on any atom is -0.378 e. The first-order chi connectivity index (χ1) is 11.7. The van der Waals surface area contributed by atoms with Gasteiger partial charge in [0.2, 0.25) is 5.91 Å². The fourth-order valence-corrected chi connectivity index (χ4v) is 4.35. The normalized spacial score (nSPS) is 17.2. The van der Waals surface area contributed by atoms with Crippen molar-refractivity contribution in [3.05, 3.63) is 22.4 Å². The van der Waals surface area contributed by atoms with Crippen molar-refractivity contribution in [2.45, 2.75) is 44.1 Å². The molecule has 0 saturated carbocycles. The van der Waals surface area contributed by atoms with Gasteiger partial charge in [-0.25, -0.2) is 4.98 Å². The predicted molar refractivity (Wildman–Crippen MR) is 93.1 cm³/mol. The lowest BCUT2D eigenvalue weighted by molar-refractivity contribution is -0.132. The van der Waals surface area contributed by atoms with Crippen LogP contribution in [0.25, 0.3) is 0 Å². The SMILES string of the molecule is CCc1nc(SCC(=O)N2CCOCC2)c(C#N)c2c1CCCC2. The van der Waals surface area contributed by atoms with E-state index in [1.807, 2.05) is 4.90 Å². The van der Waals surface area contributed by atoms with E-state index >= 15 is 0 Å². The van der Waals surface area contributed by atoms with Crippen molar-refractivity contribution in [2.75, 3.05) is 32.1 Å². The van der Waals surface area contributed by atoms with Gasteiger partial charge in [-0.3, -0.25) is 4.79 Å². The molecule has 0 atom stereocenters. The Kier molecular flexibility index (Phi) is 5.75. The van der Waals surface area contributed by atoms with Crippen molar-refractivity contribution < 1.29 is 9.53 Å². The minimum atomic E-state index is 0.102. The average molecular weight is 345 g/mol. The second-order valence-corrected chi connectivity index (χ2v) is 7.11. The first kappa shape index (κ1) is 17.2. The summed E-state index contributed by atoms with van der Waals surface area (Å²) < 4.78 is 5.29. The first-order valence-electron chi connectivity index (χ1n) is 8.67. The van der Waals surface area contributed by atoms with E-state index in [0.717, 1.165) is 36.4 Å². The number of carbonyl (C=O) groups is 1. The molecule has 1 saturated heterocycles. The summed E-state index contributed by atoms with van der Waals surface area (Å²) in [5.41, 5.74) is 4.26. The number of fused-ring (bicyclic) bond motifs is 1. The largest absolute Gasteiger partial charge is 0.378 e. The number of pyridine rings is 1. The van der Waals surface area contributed by atoms with E-state index < -0.39 is 0 Å². The highest BCUT2D eigenvalue weighted by Crippen LogP contribution is 2.32. The zero-order valence-electron chi connectivity index (χ0n) is 14.1. The summed E-state index contributed by atoms with van der Waals surface area (Å²) in [6.45, 7) is 4.63. The lowest BCUT2D eigenvalue weighted by Crippen LogP contribution is -2.41. The van der Waals surface area contributed by atoms with Crippen LogP contribution in [-0.4, -0.2) is 47.8 Å². The smallest absolute Gasteiger partial charge is 0.233 e. The lowest BCUT2D eigenvalue weighted by atomic mass is 9.87. The van der Waals surface area contributed by atoms with Crippen LogP contribution in [0.1, 0.15) is 42.1 Å². The Morgan fingerprint density at radius 1 is 1.29 bits per heavy atom. The maximum absolute atomic E-state index is 12.4. The van der Waals surface area contributed by atoms with Crippen LogP contribution in [0.5, 0.6) is 0 Å². The second-order valence-electron chi connectivity index (χ2n) is 6.15. The Morgan fingerprint density at radius 3 is 2.67 bits per heavy atom. The van der Waals surface area contributed by atoms with Crippen LogP contribution in [0.3, 0.4) is 0 Å². The van der Waals surface area contributed by atoms with Crippen LogP contribution >= 0.6 is 11.8 Å². The summed E-state index contributed by atoms with van der Waals surface area (Å²) >= 11 is 1.41. The number of carbonyl (C=O) groups excluding carboxylic acids is 1. The van der Waals surface area contributed by atoms with Gasteiger partial charge in [0, 0.05) is 18.8 Å². The second kappa shape index (κ2) is 8.00. The number of thioether (sulfide) groups is 1. The molecule has 6 heteroatoms. The Balaban J connectivity index is 1.79. The van der Waals surface area contributed by atoms with Gasteiger partial charge in [-0.05, 0) is 43.2 Å². The highest BCUT2D eigenvalue weighted by Gasteiger charge is 2.23. The molecular weight excluding hydrogens is 322 g/mol. The molecule has 128 valence electrons. The third-order valence-electron chi connectivity index (χ3n) is 4.71. The molecule has 0 spiro atoms. The molecule has 1 aromatic rings. The average Bonchev–Trinajstić information content (AvgIpc) is 2.65. The molecule has 1 amide bonds. The van der Waals surface area contributed by atoms with Crippen molar-refractivity contribution in [3.63, 3.8) is 0 Å². The number of ether oxygens (including phenoxy) is 1. The van der Waals surface area contributed by atoms with E-state index in [1.54, 1.807) is 0 Å². The topological polar surface area (TPSA) is 66.2 Å². The molecule has 1 aliphatic carbocycles. The van der Waals surface area contributed by atoms with Crippen molar-refractivity contribution in [1.29, 1.82) is 5.26 Å². The number of morpholine rings is 1. The first-order valence-corrected chi connectivity index (χ1v) is 9.66. The van der Waals surface area contributed by atoms with Gasteiger partial charge in [-0.1, -0.05) is 18.7 Å². The monoisotopic (exact) mass is 345 g/mol. The Morgan fingerprint density at radius 2 is 2.00 bits per heavy atom. The van der Waals surface area contributed by atoms with Gasteiger partial charge in [0.15, 0.2) is 0 Å². The van der Waals surface area contributed by atoms with Gasteiger partial charge in [0.1, 0.15) is 11.1 Å². The molecule has 1 aliphatic heterocycles. The van der Waals surface area contributed by atoms with E-state index in [4.69, 9.17) is 9.72 Å². The summed E-state index contributed by atoms with van der Waals surface area (Å²) in [6, 6.07) is 2.35. The Labute approximate surface area is 147 Å². The van der Waals surface area contributed by atoms with Gasteiger partial charge in [0.05, 0.1) is 24.5 Å². The van der Waals surface area contributed by atoms with E-state index in [1.165, 1.54) is 29.3 Å². The number of aryl methyl sites for hydroxylation is 1. The van der Waals surface area contributed by atoms with Crippen LogP contribution in [-0.2, 0) is 28.8 Å². The highest BCUT2D eigenvalue weighted by molar-refractivity contribution is 8.00. The molecule has 1 aromatic heterocycles. The van der Waals surface area contributed by atoms with Crippen LogP contribution in [0.4, 0.5) is 0 Å². The summed E-state index contributed by atoms with van der Waals surface area (Å²) in [7, 11) is 0. The molecule has 24 heavy (non-hydrogen) atoms. The molecule has 5 nitrogen and oxygen atoms in total. The fraction of sp³-hybridized carbons (Fsp3) is 0.611. The zero-order valence-corrected chi connectivity index (χ0v) is 15.0. The Bertz CT molecular complexity index is 663. The van der Waals surface area contributed by atoms with Crippen LogP contribution in [0, 0.1) is 11.3 Å². The van der Waals surface area contributed by atoms with E-state index in [9.17, 15) is 10.1 Å². The van der Waals surface area contributed by atoms with Crippen molar-refractivity contribution in [2.24, 2.45) is 0 Å². The molecule has 0 bridgehead atoms. The molecule has 3 rings (SSSR count). The molecular formula is C18H23N3O2S. The van der Waals surface area contributed by atoms with E-state index in [0.29, 0.717) is 37.6 Å². The van der Waals surface area contributed by atoms with Crippen LogP contribution < -0.4 is 0 Å². The van der Waals surface area contributed by atoms with Crippen LogP contribution in [0.15, 0.2) is 5.03 Å². The maximum Gasteiger partial charge on any atom is 0.233 e. The fourth-order valence-electron chi connectivity index (χ4n) is 3.42. The van der Waals surface area contributed by atoms with E-state index in [-0.39, 0.29) is 5.91 Å². The van der Waals surface area contributed by atoms with Crippen molar-refractivity contribution >= 4 is 17.7 Å².